The van der Waals surface area contributed by atoms with Gasteiger partial charge >= 0.3 is 0 Å². The standard InChI is InChI=1S/C22H34Si2/c1-23(2,3)17-19-11-7-9-13-21(15-19)22-14-10-8-12-20(16-22)18-24(4,5)6/h7-14H,15-18H2,1-6H3. The average Bonchev–Trinajstić information content (AvgIpc) is 2.75. The minimum absolute atomic E-state index is 1.07. The maximum absolute atomic E-state index is 2.47. The van der Waals surface area contributed by atoms with Crippen molar-refractivity contribution in [1.82, 2.24) is 0 Å². The van der Waals surface area contributed by atoms with Crippen molar-refractivity contribution in [1.29, 1.82) is 0 Å². The molecule has 0 N–H and O–H groups in total. The van der Waals surface area contributed by atoms with Crippen LogP contribution in [-0.2, 0) is 0 Å². The second kappa shape index (κ2) is 7.84. The molecular formula is C22H34Si2. The Kier molecular flexibility index (Phi) is 6.27. The first-order valence-electron chi connectivity index (χ1n) is 9.23. The minimum atomic E-state index is -1.07. The maximum atomic E-state index is 2.47. The van der Waals surface area contributed by atoms with E-state index in [2.05, 4.69) is 87.9 Å². The lowest BCUT2D eigenvalue weighted by Gasteiger charge is -2.22. The van der Waals surface area contributed by atoms with Gasteiger partial charge in [-0.1, -0.05) is 99.0 Å². The summed E-state index contributed by atoms with van der Waals surface area (Å²) in [6.45, 7) is 14.8. The fourth-order valence-electron chi connectivity index (χ4n) is 3.50. The Morgan fingerprint density at radius 1 is 0.583 bits per heavy atom. The third-order valence-corrected chi connectivity index (χ3v) is 7.27. The molecule has 0 amide bonds. The summed E-state index contributed by atoms with van der Waals surface area (Å²) in [7, 11) is -2.14. The van der Waals surface area contributed by atoms with Crippen molar-refractivity contribution in [2.45, 2.75) is 64.2 Å². The molecule has 0 fully saturated rings. The van der Waals surface area contributed by atoms with Gasteiger partial charge in [-0.25, -0.2) is 0 Å². The van der Waals surface area contributed by atoms with Crippen LogP contribution in [-0.4, -0.2) is 16.1 Å². The summed E-state index contributed by atoms with van der Waals surface area (Å²) in [5, 5.41) is 0. The van der Waals surface area contributed by atoms with Gasteiger partial charge in [-0.15, -0.1) is 0 Å². The fraction of sp³-hybridized carbons (Fsp3) is 0.455. The molecule has 0 aromatic heterocycles. The summed E-state index contributed by atoms with van der Waals surface area (Å²) in [4.78, 5) is 0. The second-order valence-corrected chi connectivity index (χ2v) is 20.6. The summed E-state index contributed by atoms with van der Waals surface area (Å²) in [5.41, 5.74) is 6.25. The van der Waals surface area contributed by atoms with Gasteiger partial charge in [0.25, 0.3) is 0 Å². The van der Waals surface area contributed by atoms with E-state index in [0.29, 0.717) is 0 Å². The molecule has 0 saturated carbocycles. The van der Waals surface area contributed by atoms with Crippen LogP contribution in [0, 0.1) is 0 Å². The highest BCUT2D eigenvalue weighted by Gasteiger charge is 2.20. The van der Waals surface area contributed by atoms with Gasteiger partial charge in [-0.3, -0.25) is 0 Å². The lowest BCUT2D eigenvalue weighted by Crippen LogP contribution is -2.20. The first-order valence-corrected chi connectivity index (χ1v) is 16.6. The predicted octanol–water partition coefficient (Wildman–Crippen LogP) is 7.29. The van der Waals surface area contributed by atoms with Crippen LogP contribution < -0.4 is 0 Å². The minimum Gasteiger partial charge on any atom is -0.0693 e. The molecule has 2 aliphatic carbocycles. The molecule has 0 radical (unpaired) electrons. The first-order chi connectivity index (χ1) is 11.1. The summed E-state index contributed by atoms with van der Waals surface area (Å²) in [6.07, 6.45) is 20.5. The summed E-state index contributed by atoms with van der Waals surface area (Å²) in [5.74, 6) is 0. The van der Waals surface area contributed by atoms with E-state index in [1.807, 2.05) is 0 Å². The lowest BCUT2D eigenvalue weighted by molar-refractivity contribution is 1.03. The Morgan fingerprint density at radius 3 is 1.25 bits per heavy atom. The molecule has 2 heteroatoms. The molecule has 0 spiro atoms. The topological polar surface area (TPSA) is 0 Å². The summed E-state index contributed by atoms with van der Waals surface area (Å²) < 4.78 is 0. The Bertz CT molecular complexity index is 580. The Labute approximate surface area is 151 Å². The van der Waals surface area contributed by atoms with Crippen molar-refractivity contribution < 1.29 is 0 Å². The Balaban J connectivity index is 2.16. The highest BCUT2D eigenvalue weighted by Crippen LogP contribution is 2.33. The van der Waals surface area contributed by atoms with Crippen molar-refractivity contribution in [3.05, 3.63) is 70.9 Å². The molecule has 0 aromatic rings. The van der Waals surface area contributed by atoms with Gasteiger partial charge < -0.3 is 0 Å². The van der Waals surface area contributed by atoms with E-state index in [4.69, 9.17) is 0 Å². The van der Waals surface area contributed by atoms with Crippen molar-refractivity contribution in [2.24, 2.45) is 0 Å². The van der Waals surface area contributed by atoms with E-state index in [0.717, 1.165) is 12.8 Å². The largest absolute Gasteiger partial charge is 0.0693 e. The van der Waals surface area contributed by atoms with Gasteiger partial charge in [0, 0.05) is 16.1 Å². The molecule has 0 bridgehead atoms. The van der Waals surface area contributed by atoms with Gasteiger partial charge in [0.2, 0.25) is 0 Å². The van der Waals surface area contributed by atoms with Crippen LogP contribution in [0.3, 0.4) is 0 Å². The van der Waals surface area contributed by atoms with Gasteiger partial charge in [-0.05, 0) is 36.1 Å². The first kappa shape index (κ1) is 19.2. The molecule has 0 heterocycles. The maximum Gasteiger partial charge on any atom is 0.0483 e. The van der Waals surface area contributed by atoms with E-state index in [-0.39, 0.29) is 0 Å². The molecule has 2 rings (SSSR count). The molecular weight excluding hydrogens is 320 g/mol. The predicted molar refractivity (Wildman–Crippen MR) is 116 cm³/mol. The third kappa shape index (κ3) is 6.78. The van der Waals surface area contributed by atoms with Crippen molar-refractivity contribution in [2.75, 3.05) is 0 Å². The summed E-state index contributed by atoms with van der Waals surface area (Å²) >= 11 is 0. The zero-order valence-corrected chi connectivity index (χ0v) is 18.4. The van der Waals surface area contributed by atoms with Crippen molar-refractivity contribution in [3.63, 3.8) is 0 Å². The van der Waals surface area contributed by atoms with Crippen LogP contribution in [0.5, 0.6) is 0 Å². The molecule has 2 aliphatic rings. The van der Waals surface area contributed by atoms with Crippen LogP contribution in [0.1, 0.15) is 12.8 Å². The number of hydrogen-bond donors (Lipinski definition) is 0. The second-order valence-electron chi connectivity index (χ2n) is 9.63. The molecule has 0 atom stereocenters. The van der Waals surface area contributed by atoms with Crippen LogP contribution in [0.2, 0.25) is 51.4 Å². The monoisotopic (exact) mass is 354 g/mol. The van der Waals surface area contributed by atoms with Gasteiger partial charge in [0.1, 0.15) is 0 Å². The molecule has 0 aliphatic heterocycles. The molecule has 0 unspecified atom stereocenters. The Morgan fingerprint density at radius 2 is 0.917 bits per heavy atom. The molecule has 0 nitrogen and oxygen atoms in total. The highest BCUT2D eigenvalue weighted by molar-refractivity contribution is 6.77. The Hall–Kier alpha value is -1.13. The quantitative estimate of drug-likeness (QED) is 0.455. The van der Waals surface area contributed by atoms with Crippen LogP contribution in [0.4, 0.5) is 0 Å². The normalized spacial score (nSPS) is 19.1. The fourth-order valence-corrected chi connectivity index (χ4v) is 6.71. The van der Waals surface area contributed by atoms with E-state index in [1.54, 1.807) is 11.1 Å². The van der Waals surface area contributed by atoms with Crippen molar-refractivity contribution in [3.8, 4) is 0 Å². The van der Waals surface area contributed by atoms with E-state index in [9.17, 15) is 0 Å². The lowest BCUT2D eigenvalue weighted by atomic mass is 9.94. The van der Waals surface area contributed by atoms with E-state index < -0.39 is 16.1 Å². The van der Waals surface area contributed by atoms with Gasteiger partial charge in [-0.2, -0.15) is 0 Å². The van der Waals surface area contributed by atoms with Crippen molar-refractivity contribution >= 4 is 16.1 Å². The zero-order valence-electron chi connectivity index (χ0n) is 16.4. The van der Waals surface area contributed by atoms with Gasteiger partial charge in [0.05, 0.1) is 0 Å². The molecule has 130 valence electrons. The molecule has 0 aromatic carbocycles. The number of allylic oxidation sites excluding steroid dienone is 12. The SMILES string of the molecule is C[Si](C)(C)CC1=CC=CC=C(C2=CC=CC=C(C[Si](C)(C)C)C2)C1. The number of hydrogen-bond acceptors (Lipinski definition) is 0. The van der Waals surface area contributed by atoms with Crippen LogP contribution in [0.25, 0.3) is 0 Å². The zero-order chi connectivity index (χ0) is 17.8. The van der Waals surface area contributed by atoms with E-state index >= 15 is 0 Å². The molecule has 0 saturated heterocycles. The highest BCUT2D eigenvalue weighted by atomic mass is 28.3. The smallest absolute Gasteiger partial charge is 0.0483 e. The van der Waals surface area contributed by atoms with Crippen LogP contribution in [0.15, 0.2) is 70.9 Å². The van der Waals surface area contributed by atoms with Crippen LogP contribution >= 0.6 is 0 Å². The van der Waals surface area contributed by atoms with Gasteiger partial charge in [0.15, 0.2) is 0 Å². The number of rotatable bonds is 5. The average molecular weight is 355 g/mol. The summed E-state index contributed by atoms with van der Waals surface area (Å²) in [6, 6.07) is 2.60. The van der Waals surface area contributed by atoms with E-state index in [1.165, 1.54) is 23.2 Å². The molecule has 24 heavy (non-hydrogen) atoms. The third-order valence-electron chi connectivity index (χ3n) is 4.24.